The number of anilines is 1. The summed E-state index contributed by atoms with van der Waals surface area (Å²) in [6.07, 6.45) is -2.09. The van der Waals surface area contributed by atoms with E-state index in [-0.39, 0.29) is 30.0 Å². The zero-order valence-electron chi connectivity index (χ0n) is 28.4. The van der Waals surface area contributed by atoms with Gasteiger partial charge in [0.1, 0.15) is 5.75 Å². The average Bonchev–Trinajstić information content (AvgIpc) is 3.42. The molecular weight excluding hydrogens is 612 g/mol. The van der Waals surface area contributed by atoms with E-state index in [1.807, 2.05) is 42.7 Å². The van der Waals surface area contributed by atoms with Crippen molar-refractivity contribution in [3.05, 3.63) is 59.2 Å². The molecule has 258 valence electrons. The highest BCUT2D eigenvalue weighted by molar-refractivity contribution is 5.87. The quantitative estimate of drug-likeness (QED) is 0.333. The Morgan fingerprint density at radius 2 is 1.55 bits per heavy atom. The summed E-state index contributed by atoms with van der Waals surface area (Å²) in [5.41, 5.74) is -1.01. The highest BCUT2D eigenvalue weighted by Crippen LogP contribution is 2.45. The van der Waals surface area contributed by atoms with Crippen LogP contribution in [0.5, 0.6) is 5.75 Å². The van der Waals surface area contributed by atoms with Crippen molar-refractivity contribution in [2.24, 2.45) is 0 Å². The van der Waals surface area contributed by atoms with E-state index in [0.29, 0.717) is 69.8 Å². The SMILES string of the molecule is COc1ccc([C@@H]2CN(C(C)(C)C)C[C@@]2(F)C(=O)N2CCC(c3ccc(C(F)(F)F)cc3N3CCC(N(C)C(C)=O)CC3)CC2)cc1. The van der Waals surface area contributed by atoms with E-state index >= 15 is 4.39 Å². The van der Waals surface area contributed by atoms with Crippen molar-refractivity contribution in [2.45, 2.75) is 88.6 Å². The van der Waals surface area contributed by atoms with Crippen molar-refractivity contribution in [2.75, 3.05) is 58.3 Å². The van der Waals surface area contributed by atoms with Gasteiger partial charge in [0.2, 0.25) is 11.6 Å². The molecule has 2 amide bonds. The Labute approximate surface area is 275 Å². The fourth-order valence-electron chi connectivity index (χ4n) is 7.50. The van der Waals surface area contributed by atoms with Crippen molar-refractivity contribution < 1.29 is 31.9 Å². The molecule has 0 radical (unpaired) electrons. The Morgan fingerprint density at radius 3 is 2.09 bits per heavy atom. The Kier molecular flexibility index (Phi) is 9.89. The fourth-order valence-corrected chi connectivity index (χ4v) is 7.50. The van der Waals surface area contributed by atoms with Crippen LogP contribution in [-0.2, 0) is 15.8 Å². The molecule has 11 heteroatoms. The number of hydrogen-bond acceptors (Lipinski definition) is 5. The number of ether oxygens (including phenoxy) is 1. The second-order valence-electron chi connectivity index (χ2n) is 14.4. The predicted molar refractivity (Wildman–Crippen MR) is 175 cm³/mol. The van der Waals surface area contributed by atoms with Crippen molar-refractivity contribution in [1.82, 2.24) is 14.7 Å². The first-order valence-electron chi connectivity index (χ1n) is 16.6. The summed E-state index contributed by atoms with van der Waals surface area (Å²) < 4.78 is 64.0. The van der Waals surface area contributed by atoms with E-state index < -0.39 is 29.2 Å². The Balaban J connectivity index is 1.34. The minimum Gasteiger partial charge on any atom is -0.497 e. The van der Waals surface area contributed by atoms with Crippen LogP contribution in [0.15, 0.2) is 42.5 Å². The number of benzene rings is 2. The summed E-state index contributed by atoms with van der Waals surface area (Å²) in [7, 11) is 3.34. The number of rotatable bonds is 6. The molecule has 3 aliphatic rings. The lowest BCUT2D eigenvalue weighted by molar-refractivity contribution is -0.145. The van der Waals surface area contributed by atoms with Gasteiger partial charge in [-0.3, -0.25) is 14.5 Å². The van der Waals surface area contributed by atoms with E-state index in [1.54, 1.807) is 42.2 Å². The molecule has 0 bridgehead atoms. The van der Waals surface area contributed by atoms with Gasteiger partial charge in [-0.1, -0.05) is 18.2 Å². The molecule has 2 atom stereocenters. The van der Waals surface area contributed by atoms with Gasteiger partial charge in [0.05, 0.1) is 12.7 Å². The van der Waals surface area contributed by atoms with Crippen LogP contribution in [0.3, 0.4) is 0 Å². The molecule has 2 aromatic rings. The number of alkyl halides is 4. The first-order chi connectivity index (χ1) is 22.0. The molecule has 0 aromatic heterocycles. The van der Waals surface area contributed by atoms with Crippen molar-refractivity contribution in [1.29, 1.82) is 0 Å². The maximum Gasteiger partial charge on any atom is 0.416 e. The fraction of sp³-hybridized carbons (Fsp3) is 0.611. The van der Waals surface area contributed by atoms with Crippen molar-refractivity contribution in [3.8, 4) is 5.75 Å². The molecule has 0 aliphatic carbocycles. The number of amides is 2. The lowest BCUT2D eigenvalue weighted by Gasteiger charge is -2.41. The first-order valence-corrected chi connectivity index (χ1v) is 16.6. The van der Waals surface area contributed by atoms with E-state index in [0.717, 1.165) is 17.2 Å². The third-order valence-electron chi connectivity index (χ3n) is 10.6. The molecule has 7 nitrogen and oxygen atoms in total. The topological polar surface area (TPSA) is 56.3 Å². The Morgan fingerprint density at radius 1 is 0.936 bits per heavy atom. The summed E-state index contributed by atoms with van der Waals surface area (Å²) in [5.74, 6) is -0.611. The number of carbonyl (C=O) groups excluding carboxylic acids is 2. The lowest BCUT2D eigenvalue weighted by atomic mass is 9.83. The van der Waals surface area contributed by atoms with Gasteiger partial charge in [0, 0.05) is 76.4 Å². The number of hydrogen-bond donors (Lipinski definition) is 0. The van der Waals surface area contributed by atoms with Crippen LogP contribution in [0.1, 0.15) is 81.9 Å². The van der Waals surface area contributed by atoms with E-state index in [9.17, 15) is 22.8 Å². The number of likely N-dealkylation sites (tertiary alicyclic amines) is 2. The van der Waals surface area contributed by atoms with Gasteiger partial charge in [-0.15, -0.1) is 0 Å². The minimum atomic E-state index is -4.48. The van der Waals surface area contributed by atoms with Crippen LogP contribution in [0.2, 0.25) is 0 Å². The molecule has 47 heavy (non-hydrogen) atoms. The number of carbonyl (C=O) groups is 2. The number of halogens is 4. The molecule has 0 saturated carbocycles. The number of methoxy groups -OCH3 is 1. The molecule has 5 rings (SSSR count). The van der Waals surface area contributed by atoms with Crippen LogP contribution < -0.4 is 9.64 Å². The molecule has 0 N–H and O–H groups in total. The lowest BCUT2D eigenvalue weighted by Crippen LogP contribution is -2.53. The third kappa shape index (κ3) is 7.25. The van der Waals surface area contributed by atoms with Gasteiger partial charge in [-0.05, 0) is 87.8 Å². The normalized spacial score (nSPS) is 23.7. The van der Waals surface area contributed by atoms with E-state index in [4.69, 9.17) is 4.74 Å². The second-order valence-corrected chi connectivity index (χ2v) is 14.4. The summed E-state index contributed by atoms with van der Waals surface area (Å²) in [4.78, 5) is 33.3. The van der Waals surface area contributed by atoms with Crippen LogP contribution >= 0.6 is 0 Å². The summed E-state index contributed by atoms with van der Waals surface area (Å²) >= 11 is 0. The molecule has 3 aliphatic heterocycles. The predicted octanol–water partition coefficient (Wildman–Crippen LogP) is 6.47. The van der Waals surface area contributed by atoms with Crippen LogP contribution in [0.4, 0.5) is 23.2 Å². The Hall–Kier alpha value is -3.34. The first kappa shape index (κ1) is 35.0. The van der Waals surface area contributed by atoms with E-state index in [2.05, 4.69) is 0 Å². The zero-order chi connectivity index (χ0) is 34.3. The van der Waals surface area contributed by atoms with Gasteiger partial charge in [0.15, 0.2) is 0 Å². The van der Waals surface area contributed by atoms with Gasteiger partial charge < -0.3 is 19.4 Å². The molecule has 2 aromatic carbocycles. The standard InChI is InChI=1S/C36H48F4N4O3/c1-24(45)41(5)28-15-19-42(20-16-28)32-21-27(36(38,39)40)9-12-30(32)25-13-17-43(18-14-25)33(46)35(37)23-44(34(2,3)4)22-31(35)26-7-10-29(47-6)11-8-26/h7-12,21,25,28,31H,13-20,22-23H2,1-6H3/t31-,35-/m0/s1. The monoisotopic (exact) mass is 660 g/mol. The largest absolute Gasteiger partial charge is 0.497 e. The van der Waals surface area contributed by atoms with Crippen molar-refractivity contribution >= 4 is 17.5 Å². The highest BCUT2D eigenvalue weighted by Gasteiger charge is 2.57. The maximum absolute atomic E-state index is 17.2. The third-order valence-corrected chi connectivity index (χ3v) is 10.6. The Bertz CT molecular complexity index is 1430. The van der Waals surface area contributed by atoms with Crippen molar-refractivity contribution in [3.63, 3.8) is 0 Å². The molecule has 0 unspecified atom stereocenters. The molecule has 3 saturated heterocycles. The summed E-state index contributed by atoms with van der Waals surface area (Å²) in [5, 5.41) is 0. The van der Waals surface area contributed by atoms with Gasteiger partial charge in [-0.2, -0.15) is 13.2 Å². The highest BCUT2D eigenvalue weighted by atomic mass is 19.4. The van der Waals surface area contributed by atoms with Gasteiger partial charge in [-0.25, -0.2) is 4.39 Å². The van der Waals surface area contributed by atoms with Gasteiger partial charge >= 0.3 is 6.18 Å². The van der Waals surface area contributed by atoms with Gasteiger partial charge in [0.25, 0.3) is 5.91 Å². The maximum atomic E-state index is 17.2. The molecule has 3 fully saturated rings. The van der Waals surface area contributed by atoms with Crippen LogP contribution in [0, 0.1) is 0 Å². The van der Waals surface area contributed by atoms with E-state index in [1.165, 1.54) is 13.0 Å². The number of piperidine rings is 2. The summed E-state index contributed by atoms with van der Waals surface area (Å²) in [6, 6.07) is 11.3. The second kappa shape index (κ2) is 13.3. The van der Waals surface area contributed by atoms with Crippen LogP contribution in [-0.4, -0.2) is 97.2 Å². The molecule has 3 heterocycles. The smallest absolute Gasteiger partial charge is 0.416 e. The molecular formula is C36H48F4N4O3. The molecule has 0 spiro atoms. The summed E-state index contributed by atoms with van der Waals surface area (Å²) in [6.45, 7) is 9.70. The average molecular weight is 661 g/mol. The minimum absolute atomic E-state index is 0.0101. The van der Waals surface area contributed by atoms with Crippen LogP contribution in [0.25, 0.3) is 0 Å². The zero-order valence-corrected chi connectivity index (χ0v) is 28.4. The number of nitrogens with zero attached hydrogens (tertiary/aromatic N) is 4.